The molecule has 3 aromatic rings. The van der Waals surface area contributed by atoms with Crippen LogP contribution < -0.4 is 9.47 Å². The van der Waals surface area contributed by atoms with Gasteiger partial charge >= 0.3 is 17.9 Å². The molecule has 1 saturated heterocycles. The van der Waals surface area contributed by atoms with Crippen molar-refractivity contribution in [1.29, 1.82) is 5.26 Å². The number of nitrogens with zero attached hydrogens (tertiary/aromatic N) is 3. The van der Waals surface area contributed by atoms with Gasteiger partial charge in [-0.05, 0) is 36.3 Å². The van der Waals surface area contributed by atoms with Crippen LogP contribution in [0.4, 0.5) is 0 Å². The first-order valence-electron chi connectivity index (χ1n) is 23.8. The highest BCUT2D eigenvalue weighted by atomic mass is 32.2. The smallest absolute Gasteiger partial charge is 0.350 e. The van der Waals surface area contributed by atoms with E-state index in [2.05, 4.69) is 33.8 Å². The van der Waals surface area contributed by atoms with Crippen LogP contribution in [0.1, 0.15) is 142 Å². The van der Waals surface area contributed by atoms with E-state index in [1.54, 1.807) is 0 Å². The molecule has 15 heteroatoms. The molecule has 3 aliphatic heterocycles. The summed E-state index contributed by atoms with van der Waals surface area (Å²) < 4.78 is 19.0. The zero-order chi connectivity index (χ0) is 47.7. The third-order valence-corrected chi connectivity index (χ3v) is 16.9. The Morgan fingerprint density at radius 2 is 1.06 bits per heavy atom. The number of amides is 2. The number of unbranched alkanes of at least 4 members (excludes halogenated alkanes) is 9. The van der Waals surface area contributed by atoms with E-state index in [0.29, 0.717) is 40.9 Å². The van der Waals surface area contributed by atoms with Crippen molar-refractivity contribution in [2.45, 2.75) is 163 Å². The first-order valence-corrected chi connectivity index (χ1v) is 27.0. The first-order chi connectivity index (χ1) is 32.6. The van der Waals surface area contributed by atoms with Gasteiger partial charge in [-0.25, -0.2) is 14.8 Å². The van der Waals surface area contributed by atoms with Crippen molar-refractivity contribution in [3.63, 3.8) is 0 Å². The number of ether oxygens (including phenoxy) is 3. The number of hydrogen-bond donors (Lipinski definition) is 0. The quantitative estimate of drug-likeness (QED) is 0.0199. The van der Waals surface area contributed by atoms with E-state index in [1.807, 2.05) is 60.7 Å². The molecule has 1 atom stereocenters. The van der Waals surface area contributed by atoms with Gasteiger partial charge < -0.3 is 14.2 Å². The number of esters is 3. The van der Waals surface area contributed by atoms with Gasteiger partial charge in [0.2, 0.25) is 0 Å². The summed E-state index contributed by atoms with van der Waals surface area (Å²) in [6.45, 7) is 8.90. The maximum Gasteiger partial charge on any atom is 0.350 e. The Kier molecular flexibility index (Phi) is 20.3. The van der Waals surface area contributed by atoms with Crippen LogP contribution in [-0.2, 0) is 41.8 Å². The number of hydrazine groups is 1. The van der Waals surface area contributed by atoms with E-state index < -0.39 is 29.7 Å². The lowest BCUT2D eigenvalue weighted by Gasteiger charge is -2.27. The number of carbonyl (C=O) groups excluding carboxylic acids is 5. The molecule has 3 aliphatic rings. The molecule has 356 valence electrons. The maximum atomic E-state index is 14.7. The zero-order valence-corrected chi connectivity index (χ0v) is 42.3. The highest BCUT2D eigenvalue weighted by Gasteiger charge is 2.47. The van der Waals surface area contributed by atoms with E-state index in [0.717, 1.165) is 135 Å². The average molecular weight is 984 g/mol. The summed E-state index contributed by atoms with van der Waals surface area (Å²) in [5.74, 6) is -2.17. The number of rotatable bonds is 25. The van der Waals surface area contributed by atoms with E-state index >= 15 is 0 Å². The molecular weight excluding hydrogens is 923 g/mol. The normalized spacial score (nSPS) is 14.6. The predicted molar refractivity (Wildman–Crippen MR) is 266 cm³/mol. The Morgan fingerprint density at radius 3 is 1.49 bits per heavy atom. The highest BCUT2D eigenvalue weighted by molar-refractivity contribution is 8.26. The minimum absolute atomic E-state index is 0.0423. The van der Waals surface area contributed by atoms with Crippen molar-refractivity contribution in [1.82, 2.24) is 10.0 Å². The molecule has 0 saturated carbocycles. The summed E-state index contributed by atoms with van der Waals surface area (Å²) in [5.41, 5.74) is 1.44. The van der Waals surface area contributed by atoms with Crippen molar-refractivity contribution in [2.75, 3.05) is 6.61 Å². The third kappa shape index (κ3) is 13.6. The van der Waals surface area contributed by atoms with Crippen LogP contribution >= 0.6 is 47.0 Å². The molecular formula is C52H61N3O8S4. The van der Waals surface area contributed by atoms with Crippen LogP contribution in [0.3, 0.4) is 0 Å². The topological polar surface area (TPSA) is 143 Å². The molecule has 0 spiro atoms. The Bertz CT molecular complexity index is 2230. The third-order valence-electron chi connectivity index (χ3n) is 11.7. The second-order valence-corrected chi connectivity index (χ2v) is 21.4. The van der Waals surface area contributed by atoms with E-state index in [1.165, 1.54) is 10.0 Å². The molecule has 3 heterocycles. The first kappa shape index (κ1) is 51.8. The second kappa shape index (κ2) is 26.2. The van der Waals surface area contributed by atoms with Crippen molar-refractivity contribution in [3.05, 3.63) is 91.4 Å². The summed E-state index contributed by atoms with van der Waals surface area (Å²) in [6.07, 6.45) is 13.3. The Labute approximate surface area is 412 Å². The Morgan fingerprint density at radius 1 is 0.612 bits per heavy atom. The molecule has 0 aromatic heterocycles. The molecule has 67 heavy (non-hydrogen) atoms. The molecule has 0 aliphatic carbocycles. The van der Waals surface area contributed by atoms with Gasteiger partial charge in [-0.1, -0.05) is 206 Å². The fraction of sp³-hybridized carbons (Fsp3) is 0.462. The number of hydrogen-bond acceptors (Lipinski definition) is 13. The lowest BCUT2D eigenvalue weighted by molar-refractivity contribution is -0.149. The Balaban J connectivity index is 1.43. The summed E-state index contributed by atoms with van der Waals surface area (Å²) in [6, 6.07) is 21.0. The minimum atomic E-state index is -0.752. The van der Waals surface area contributed by atoms with Crippen molar-refractivity contribution in [3.8, 4) is 17.6 Å². The number of fused-ring (bicyclic) bond motifs is 2. The summed E-state index contributed by atoms with van der Waals surface area (Å²) >= 11 is 4.42. The summed E-state index contributed by atoms with van der Waals surface area (Å²) in [4.78, 5) is 72.2. The van der Waals surface area contributed by atoms with E-state index in [9.17, 15) is 29.2 Å². The van der Waals surface area contributed by atoms with Crippen molar-refractivity contribution < 1.29 is 38.2 Å². The van der Waals surface area contributed by atoms with Crippen LogP contribution in [0.5, 0.6) is 11.5 Å². The second-order valence-electron chi connectivity index (χ2n) is 16.8. The van der Waals surface area contributed by atoms with Gasteiger partial charge in [0.05, 0.1) is 47.8 Å². The zero-order valence-electron chi connectivity index (χ0n) is 39.0. The van der Waals surface area contributed by atoms with Crippen LogP contribution in [0.15, 0.2) is 99.9 Å². The van der Waals surface area contributed by atoms with Crippen LogP contribution in [0.25, 0.3) is 0 Å². The molecule has 1 fully saturated rings. The average Bonchev–Trinajstić information content (AvgIpc) is 4.03. The lowest BCUT2D eigenvalue weighted by atomic mass is 10.0. The summed E-state index contributed by atoms with van der Waals surface area (Å²) in [7, 11) is 0. The lowest BCUT2D eigenvalue weighted by Crippen LogP contribution is -2.39. The fourth-order valence-corrected chi connectivity index (χ4v) is 13.2. The van der Waals surface area contributed by atoms with Crippen molar-refractivity contribution in [2.24, 2.45) is 5.92 Å². The molecule has 6 rings (SSSR count). The standard InChI is InChI=1S/C52H61N3O8S4/c1-5-9-12-14-22-29-39(56)62-42-44-45(65-51(64-44)38(31-53)50(60)61-34-35(8-4)24-11-7-3)43(63-40(57)30-23-15-13-10-6-2)47-46(42)66-52(67-47)41-48(58)54(32-36-25-18-16-19-26-36)55(49(41)59)33-37-27-20-17-21-28-37/h16-21,25-28,35H,5-15,22-24,29-30,32-34H2,1-4H3. The molecule has 11 nitrogen and oxygen atoms in total. The Hall–Kier alpha value is -4.62. The molecule has 0 bridgehead atoms. The monoisotopic (exact) mass is 983 g/mol. The van der Waals surface area contributed by atoms with Gasteiger partial charge in [-0.3, -0.25) is 19.2 Å². The van der Waals surface area contributed by atoms with Crippen LogP contribution in [0.2, 0.25) is 0 Å². The molecule has 2 amide bonds. The maximum absolute atomic E-state index is 14.7. The predicted octanol–water partition coefficient (Wildman–Crippen LogP) is 13.3. The van der Waals surface area contributed by atoms with Gasteiger partial charge in [-0.15, -0.1) is 0 Å². The van der Waals surface area contributed by atoms with Crippen LogP contribution in [-0.4, -0.2) is 46.3 Å². The SMILES string of the molecule is CCCCCCCC(=O)Oc1c2c(c(OC(=O)CCCCCCC)c3c1SC(=C1C(=O)N(Cc4ccccc4)N(Cc4ccccc4)C1=O)S3)SC(=C(C#N)C(=O)OCC(CC)CCCC)S2. The van der Waals surface area contributed by atoms with E-state index in [4.69, 9.17) is 14.2 Å². The van der Waals surface area contributed by atoms with Gasteiger partial charge in [0, 0.05) is 12.8 Å². The molecule has 3 aromatic carbocycles. The van der Waals surface area contributed by atoms with Gasteiger partial charge in [0.1, 0.15) is 11.6 Å². The van der Waals surface area contributed by atoms with E-state index in [-0.39, 0.29) is 61.1 Å². The highest BCUT2D eigenvalue weighted by Crippen LogP contribution is 2.69. The number of benzene rings is 3. The van der Waals surface area contributed by atoms with Gasteiger partial charge in [-0.2, -0.15) is 5.26 Å². The summed E-state index contributed by atoms with van der Waals surface area (Å²) in [5, 5.41) is 13.4. The van der Waals surface area contributed by atoms with Crippen LogP contribution in [0, 0.1) is 17.2 Å². The number of nitriles is 1. The largest absolute Gasteiger partial charge is 0.461 e. The van der Waals surface area contributed by atoms with Crippen molar-refractivity contribution >= 4 is 76.8 Å². The number of carbonyl (C=O) groups is 5. The van der Waals surface area contributed by atoms with Gasteiger partial charge in [0.15, 0.2) is 17.1 Å². The minimum Gasteiger partial charge on any atom is -0.461 e. The number of thioether (sulfide) groups is 4. The molecule has 1 unspecified atom stereocenters. The molecule has 0 N–H and O–H groups in total. The van der Waals surface area contributed by atoms with Gasteiger partial charge in [0.25, 0.3) is 11.8 Å². The fourth-order valence-electron chi connectivity index (χ4n) is 7.78. The molecule has 0 radical (unpaired) electrons.